The van der Waals surface area contributed by atoms with Gasteiger partial charge in [0, 0.05) is 13.5 Å². The molecule has 0 bridgehead atoms. The number of para-hydroxylation sites is 2. The second-order valence-electron chi connectivity index (χ2n) is 3.81. The molecule has 2 aromatic rings. The highest BCUT2D eigenvalue weighted by Crippen LogP contribution is 2.17. The number of carbonyl (C=O) groups is 1. The van der Waals surface area contributed by atoms with Crippen LogP contribution < -0.4 is 10.9 Å². The highest BCUT2D eigenvalue weighted by atomic mass is 32.1. The topological polar surface area (TPSA) is 70.4 Å². The normalized spacial score (nSPS) is 10.2. The van der Waals surface area contributed by atoms with Crippen LogP contribution in [0.1, 0.15) is 13.8 Å². The molecule has 2 rings (SSSR count). The minimum Gasteiger partial charge on any atom is -0.422 e. The second-order valence-corrected chi connectivity index (χ2v) is 4.19. The van der Waals surface area contributed by atoms with Crippen LogP contribution in [0.15, 0.2) is 28.7 Å². The van der Waals surface area contributed by atoms with Crippen LogP contribution in [0, 0.1) is 0 Å². The SMILES string of the molecule is CCN(C(C)=O)C(=S)NNc1nc2ccccc2o1. The van der Waals surface area contributed by atoms with E-state index in [-0.39, 0.29) is 11.0 Å². The summed E-state index contributed by atoms with van der Waals surface area (Å²) in [5, 5.41) is 0.275. The Balaban J connectivity index is 2.02. The lowest BCUT2D eigenvalue weighted by Gasteiger charge is -2.20. The second kappa shape index (κ2) is 5.66. The van der Waals surface area contributed by atoms with Crippen LogP contribution in [0.3, 0.4) is 0 Å². The molecule has 0 aliphatic carbocycles. The van der Waals surface area contributed by atoms with E-state index in [0.29, 0.717) is 18.1 Å². The number of hydrogen-bond acceptors (Lipinski definition) is 5. The summed E-state index contributed by atoms with van der Waals surface area (Å²) < 4.78 is 5.44. The molecule has 0 aliphatic rings. The fourth-order valence-electron chi connectivity index (χ4n) is 1.61. The zero-order valence-corrected chi connectivity index (χ0v) is 11.5. The Kier molecular flexibility index (Phi) is 3.96. The third kappa shape index (κ3) is 3.00. The van der Waals surface area contributed by atoms with Gasteiger partial charge in [-0.05, 0) is 31.3 Å². The van der Waals surface area contributed by atoms with Crippen LogP contribution in [-0.2, 0) is 4.79 Å². The number of oxazole rings is 1. The molecule has 0 radical (unpaired) electrons. The van der Waals surface area contributed by atoms with Crippen molar-refractivity contribution in [2.45, 2.75) is 13.8 Å². The number of amides is 1. The van der Waals surface area contributed by atoms with Gasteiger partial charge in [0.2, 0.25) is 5.91 Å². The quantitative estimate of drug-likeness (QED) is 0.660. The first-order chi connectivity index (χ1) is 9.11. The number of rotatable bonds is 3. The molecule has 1 aromatic carbocycles. The number of nitrogens with one attached hydrogen (secondary N) is 2. The van der Waals surface area contributed by atoms with Crippen LogP contribution in [-0.4, -0.2) is 27.4 Å². The van der Waals surface area contributed by atoms with Gasteiger partial charge in [-0.15, -0.1) is 0 Å². The summed E-state index contributed by atoms with van der Waals surface area (Å²) in [6, 6.07) is 7.70. The summed E-state index contributed by atoms with van der Waals surface area (Å²) in [5.41, 5.74) is 6.89. The molecule has 0 aliphatic heterocycles. The molecule has 0 saturated heterocycles. The predicted octanol–water partition coefficient (Wildman–Crippen LogP) is 1.90. The number of anilines is 1. The van der Waals surface area contributed by atoms with Crippen LogP contribution in [0.25, 0.3) is 11.1 Å². The Bertz CT molecular complexity index is 578. The summed E-state index contributed by atoms with van der Waals surface area (Å²) >= 11 is 5.09. The van der Waals surface area contributed by atoms with Crippen LogP contribution in [0.5, 0.6) is 0 Å². The van der Waals surface area contributed by atoms with Gasteiger partial charge >= 0.3 is 6.01 Å². The highest BCUT2D eigenvalue weighted by molar-refractivity contribution is 7.80. The average molecular weight is 278 g/mol. The Morgan fingerprint density at radius 2 is 2.21 bits per heavy atom. The number of aromatic nitrogens is 1. The van der Waals surface area contributed by atoms with Crippen molar-refractivity contribution in [3.05, 3.63) is 24.3 Å². The van der Waals surface area contributed by atoms with Gasteiger partial charge < -0.3 is 4.42 Å². The first kappa shape index (κ1) is 13.3. The van der Waals surface area contributed by atoms with Crippen LogP contribution in [0.4, 0.5) is 6.01 Å². The molecule has 1 aromatic heterocycles. The maximum absolute atomic E-state index is 11.3. The molecule has 0 atom stereocenters. The van der Waals surface area contributed by atoms with Crippen molar-refractivity contribution >= 4 is 40.4 Å². The number of fused-ring (bicyclic) bond motifs is 1. The first-order valence-corrected chi connectivity index (χ1v) is 6.22. The van der Waals surface area contributed by atoms with E-state index in [0.717, 1.165) is 5.52 Å². The third-order valence-corrected chi connectivity index (χ3v) is 2.83. The summed E-state index contributed by atoms with van der Waals surface area (Å²) in [7, 11) is 0. The van der Waals surface area contributed by atoms with Gasteiger partial charge in [-0.25, -0.2) is 0 Å². The van der Waals surface area contributed by atoms with Gasteiger partial charge in [-0.2, -0.15) is 4.98 Å². The lowest BCUT2D eigenvalue weighted by Crippen LogP contribution is -2.44. The van der Waals surface area contributed by atoms with Gasteiger partial charge in [0.25, 0.3) is 0 Å². The maximum atomic E-state index is 11.3. The Hall–Kier alpha value is -2.15. The molecule has 0 saturated carbocycles. The van der Waals surface area contributed by atoms with E-state index < -0.39 is 0 Å². The number of benzene rings is 1. The van der Waals surface area contributed by atoms with E-state index >= 15 is 0 Å². The van der Waals surface area contributed by atoms with E-state index in [9.17, 15) is 4.79 Å². The van der Waals surface area contributed by atoms with E-state index in [1.54, 1.807) is 0 Å². The van der Waals surface area contributed by atoms with Crippen molar-refractivity contribution in [3.8, 4) is 0 Å². The third-order valence-electron chi connectivity index (χ3n) is 2.51. The molecule has 6 nitrogen and oxygen atoms in total. The minimum absolute atomic E-state index is 0.126. The molecule has 7 heteroatoms. The minimum atomic E-state index is -0.126. The molecule has 0 fully saturated rings. The van der Waals surface area contributed by atoms with Gasteiger partial charge in [-0.3, -0.25) is 20.5 Å². The van der Waals surface area contributed by atoms with E-state index in [1.165, 1.54) is 11.8 Å². The van der Waals surface area contributed by atoms with Crippen molar-refractivity contribution in [2.24, 2.45) is 0 Å². The molecule has 2 N–H and O–H groups in total. The first-order valence-electron chi connectivity index (χ1n) is 5.81. The Morgan fingerprint density at radius 3 is 2.84 bits per heavy atom. The Morgan fingerprint density at radius 1 is 1.47 bits per heavy atom. The van der Waals surface area contributed by atoms with Crippen molar-refractivity contribution in [1.29, 1.82) is 0 Å². The zero-order chi connectivity index (χ0) is 13.8. The predicted molar refractivity (Wildman–Crippen MR) is 76.4 cm³/mol. The van der Waals surface area contributed by atoms with Crippen LogP contribution >= 0.6 is 12.2 Å². The molecule has 19 heavy (non-hydrogen) atoms. The summed E-state index contributed by atoms with van der Waals surface area (Å²) in [6.45, 7) is 3.79. The van der Waals surface area contributed by atoms with Crippen molar-refractivity contribution in [1.82, 2.24) is 15.3 Å². The van der Waals surface area contributed by atoms with Gasteiger partial charge in [0.05, 0.1) is 0 Å². The molecule has 1 heterocycles. The van der Waals surface area contributed by atoms with Gasteiger partial charge in [-0.1, -0.05) is 12.1 Å². The van der Waals surface area contributed by atoms with Crippen LogP contribution in [0.2, 0.25) is 0 Å². The fraction of sp³-hybridized carbons (Fsp3) is 0.250. The van der Waals surface area contributed by atoms with E-state index in [4.69, 9.17) is 16.6 Å². The Labute approximate surface area is 115 Å². The number of hydrazine groups is 1. The van der Waals surface area contributed by atoms with Crippen molar-refractivity contribution in [2.75, 3.05) is 12.0 Å². The molecule has 1 amide bonds. The lowest BCUT2D eigenvalue weighted by molar-refractivity contribution is -0.124. The van der Waals surface area contributed by atoms with E-state index in [2.05, 4.69) is 15.8 Å². The number of carbonyl (C=O) groups excluding carboxylic acids is 1. The zero-order valence-electron chi connectivity index (χ0n) is 10.6. The smallest absolute Gasteiger partial charge is 0.315 e. The maximum Gasteiger partial charge on any atom is 0.315 e. The van der Waals surface area contributed by atoms with Crippen molar-refractivity contribution in [3.63, 3.8) is 0 Å². The molecular formula is C12H14N4O2S. The fourth-order valence-corrected chi connectivity index (χ4v) is 1.92. The number of hydrogen-bond donors (Lipinski definition) is 2. The lowest BCUT2D eigenvalue weighted by atomic mass is 10.3. The van der Waals surface area contributed by atoms with Gasteiger partial charge in [0.15, 0.2) is 10.7 Å². The summed E-state index contributed by atoms with van der Waals surface area (Å²) in [5.74, 6) is -0.126. The van der Waals surface area contributed by atoms with Gasteiger partial charge in [0.1, 0.15) is 5.52 Å². The molecule has 100 valence electrons. The molecular weight excluding hydrogens is 264 g/mol. The monoisotopic (exact) mass is 278 g/mol. The highest BCUT2D eigenvalue weighted by Gasteiger charge is 2.12. The number of thiocarbonyl (C=S) groups is 1. The van der Waals surface area contributed by atoms with Crippen molar-refractivity contribution < 1.29 is 9.21 Å². The average Bonchev–Trinajstić information content (AvgIpc) is 2.79. The largest absolute Gasteiger partial charge is 0.422 e. The summed E-state index contributed by atoms with van der Waals surface area (Å²) in [6.07, 6.45) is 0. The molecule has 0 unspecified atom stereocenters. The van der Waals surface area contributed by atoms with E-state index in [1.807, 2.05) is 31.2 Å². The summed E-state index contributed by atoms with van der Waals surface area (Å²) in [4.78, 5) is 16.9. The number of nitrogens with zero attached hydrogens (tertiary/aromatic N) is 2. The molecule has 0 spiro atoms. The standard InChI is InChI=1S/C12H14N4O2S/c1-3-16(8(2)17)12(19)15-14-11-13-9-6-4-5-7-10(9)18-11/h4-7H,3H2,1-2H3,(H,13,14)(H,15,19).